The normalized spacial score (nSPS) is 26.0. The van der Waals surface area contributed by atoms with Crippen molar-refractivity contribution in [1.29, 1.82) is 0 Å². The van der Waals surface area contributed by atoms with E-state index in [1.165, 1.54) is 7.11 Å². The maximum atomic E-state index is 13.6. The Hall–Kier alpha value is -3.61. The molecule has 4 aromatic rings. The Kier molecular flexibility index (Phi) is 3.79. The van der Waals surface area contributed by atoms with Crippen LogP contribution in [0.4, 0.5) is 0 Å². The molecule has 1 N–H and O–H groups in total. The van der Waals surface area contributed by atoms with Crippen molar-refractivity contribution in [2.45, 2.75) is 44.2 Å². The number of carbonyl (C=O) groups excluding carboxylic acids is 2. The Morgan fingerprint density at radius 1 is 1.12 bits per heavy atom. The fourth-order valence-electron chi connectivity index (χ4n) is 6.66. The van der Waals surface area contributed by atoms with Crippen LogP contribution in [0.5, 0.6) is 0 Å². The van der Waals surface area contributed by atoms with Crippen LogP contribution in [-0.4, -0.2) is 34.1 Å². The summed E-state index contributed by atoms with van der Waals surface area (Å²) in [5.74, 6) is 0.633. The third-order valence-corrected chi connectivity index (χ3v) is 8.48. The van der Waals surface area contributed by atoms with Gasteiger partial charge in [-0.2, -0.15) is 0 Å². The van der Waals surface area contributed by atoms with Crippen LogP contribution in [0.2, 0.25) is 0 Å². The van der Waals surface area contributed by atoms with Crippen molar-refractivity contribution in [3.05, 3.63) is 66.3 Å². The van der Waals surface area contributed by atoms with E-state index in [4.69, 9.17) is 9.15 Å². The van der Waals surface area contributed by atoms with Gasteiger partial charge < -0.3 is 19.0 Å². The van der Waals surface area contributed by atoms with Crippen LogP contribution in [0, 0.1) is 10.8 Å². The van der Waals surface area contributed by atoms with Gasteiger partial charge in [-0.3, -0.25) is 14.6 Å². The second-order valence-electron chi connectivity index (χ2n) is 10.4. The molecule has 172 valence electrons. The first kappa shape index (κ1) is 19.8. The van der Waals surface area contributed by atoms with Crippen molar-refractivity contribution in [3.63, 3.8) is 0 Å². The van der Waals surface area contributed by atoms with Gasteiger partial charge >= 0.3 is 5.97 Å². The number of fused-ring (bicyclic) bond motifs is 2. The number of aromatic nitrogens is 2. The number of methoxy groups -OCH3 is 1. The number of para-hydroxylation sites is 1. The summed E-state index contributed by atoms with van der Waals surface area (Å²) in [6, 6.07) is 12.0. The molecule has 1 amide bonds. The summed E-state index contributed by atoms with van der Waals surface area (Å²) in [6.07, 6.45) is 9.78. The lowest BCUT2D eigenvalue weighted by atomic mass is 9.32. The van der Waals surface area contributed by atoms with Gasteiger partial charge in [0, 0.05) is 34.9 Å². The number of furan rings is 1. The second-order valence-corrected chi connectivity index (χ2v) is 10.4. The maximum Gasteiger partial charge on any atom is 0.311 e. The van der Waals surface area contributed by atoms with Crippen LogP contribution in [0.1, 0.15) is 48.2 Å². The minimum absolute atomic E-state index is 0.0362. The number of pyridine rings is 1. The smallest absolute Gasteiger partial charge is 0.311 e. The minimum atomic E-state index is -0.308. The van der Waals surface area contributed by atoms with Crippen LogP contribution in [0.3, 0.4) is 0 Å². The van der Waals surface area contributed by atoms with Crippen LogP contribution in [0.15, 0.2) is 59.4 Å². The van der Waals surface area contributed by atoms with E-state index in [9.17, 15) is 9.59 Å². The molecule has 4 saturated carbocycles. The summed E-state index contributed by atoms with van der Waals surface area (Å²) >= 11 is 0. The van der Waals surface area contributed by atoms with Crippen molar-refractivity contribution in [2.75, 3.05) is 7.11 Å². The molecule has 2 bridgehead atoms. The number of hydrogen-bond acceptors (Lipinski definition) is 5. The molecular formula is C27H25N3O4. The molecular weight excluding hydrogens is 430 g/mol. The fourth-order valence-corrected chi connectivity index (χ4v) is 6.66. The molecule has 0 radical (unpaired) electrons. The average Bonchev–Trinajstić information content (AvgIpc) is 3.25. The third kappa shape index (κ3) is 2.55. The van der Waals surface area contributed by atoms with Gasteiger partial charge in [-0.1, -0.05) is 18.2 Å². The lowest BCUT2D eigenvalue weighted by molar-refractivity contribution is -0.239. The van der Waals surface area contributed by atoms with E-state index in [1.54, 1.807) is 12.4 Å². The molecule has 3 heterocycles. The molecule has 7 heteroatoms. The number of rotatable bonds is 6. The van der Waals surface area contributed by atoms with Crippen molar-refractivity contribution < 1.29 is 18.7 Å². The Bertz CT molecular complexity index is 1440. The van der Waals surface area contributed by atoms with Crippen LogP contribution < -0.4 is 5.32 Å². The van der Waals surface area contributed by atoms with Crippen LogP contribution >= 0.6 is 0 Å². The molecule has 4 aliphatic carbocycles. The van der Waals surface area contributed by atoms with Gasteiger partial charge in [-0.05, 0) is 55.7 Å². The van der Waals surface area contributed by atoms with E-state index in [2.05, 4.69) is 14.9 Å². The number of ether oxygens (including phenoxy) is 1. The summed E-state index contributed by atoms with van der Waals surface area (Å²) in [4.78, 5) is 30.0. The molecule has 0 saturated heterocycles. The fraction of sp³-hybridized carbons (Fsp3) is 0.370. The highest BCUT2D eigenvalue weighted by Crippen LogP contribution is 2.81. The van der Waals surface area contributed by atoms with Gasteiger partial charge in [0.1, 0.15) is 11.3 Å². The van der Waals surface area contributed by atoms with Crippen LogP contribution in [-0.2, 0) is 16.1 Å². The summed E-state index contributed by atoms with van der Waals surface area (Å²) in [7, 11) is 1.46. The van der Waals surface area contributed by atoms with E-state index in [0.717, 1.165) is 59.7 Å². The zero-order valence-corrected chi connectivity index (χ0v) is 19.0. The van der Waals surface area contributed by atoms with Crippen LogP contribution in [0.25, 0.3) is 21.9 Å². The zero-order valence-electron chi connectivity index (χ0n) is 19.0. The number of carbonyl (C=O) groups is 2. The minimum Gasteiger partial charge on any atom is -0.469 e. The summed E-state index contributed by atoms with van der Waals surface area (Å²) in [6.45, 7) is 0.527. The van der Waals surface area contributed by atoms with E-state index >= 15 is 0 Å². The molecule has 8 rings (SSSR count). The predicted octanol–water partition coefficient (Wildman–Crippen LogP) is 4.44. The second kappa shape index (κ2) is 6.50. The number of nitrogens with one attached hydrogen (secondary N) is 1. The Morgan fingerprint density at radius 2 is 1.91 bits per heavy atom. The van der Waals surface area contributed by atoms with Gasteiger partial charge in [0.25, 0.3) is 5.91 Å². The number of amides is 1. The predicted molar refractivity (Wildman–Crippen MR) is 125 cm³/mol. The Balaban J connectivity index is 1.16. The molecule has 3 aromatic heterocycles. The van der Waals surface area contributed by atoms with E-state index in [-0.39, 0.29) is 28.2 Å². The summed E-state index contributed by atoms with van der Waals surface area (Å²) in [5.41, 5.74) is 1.80. The summed E-state index contributed by atoms with van der Waals surface area (Å²) in [5, 5.41) is 5.35. The molecule has 0 aliphatic heterocycles. The molecule has 0 spiro atoms. The van der Waals surface area contributed by atoms with Crippen molar-refractivity contribution >= 4 is 33.7 Å². The highest BCUT2D eigenvalue weighted by Gasteiger charge is 2.81. The van der Waals surface area contributed by atoms with E-state index < -0.39 is 0 Å². The number of hydrogen-bond donors (Lipinski definition) is 1. The molecule has 0 atom stereocenters. The SMILES string of the molecule is COC(=O)C12CC(C3(NC(=O)c4cncc5ccn(Cc6cc7ccccc7o6)c45)CC3)(C1)C2. The summed E-state index contributed by atoms with van der Waals surface area (Å²) < 4.78 is 13.1. The van der Waals surface area contributed by atoms with Gasteiger partial charge in [-0.15, -0.1) is 0 Å². The van der Waals surface area contributed by atoms with Gasteiger partial charge in [0.2, 0.25) is 0 Å². The van der Waals surface area contributed by atoms with Crippen molar-refractivity contribution in [1.82, 2.24) is 14.9 Å². The Morgan fingerprint density at radius 3 is 2.65 bits per heavy atom. The van der Waals surface area contributed by atoms with E-state index in [0.29, 0.717) is 12.1 Å². The molecule has 1 aromatic carbocycles. The monoisotopic (exact) mass is 455 g/mol. The average molecular weight is 456 g/mol. The number of esters is 1. The quantitative estimate of drug-likeness (QED) is 0.435. The standard InChI is InChI=1S/C27H25N3O4/c1-33-24(32)25-14-26(15-25,16-25)27(7-8-27)29-23(31)20-12-28-11-18-6-9-30(22(18)20)13-19-10-17-4-2-3-5-21(17)34-19/h2-6,9-12H,7-8,13-16H2,1H3,(H,29,31). The largest absolute Gasteiger partial charge is 0.469 e. The molecule has 4 aliphatic rings. The zero-order chi connectivity index (χ0) is 23.1. The molecule has 7 nitrogen and oxygen atoms in total. The first-order valence-corrected chi connectivity index (χ1v) is 11.8. The number of benzene rings is 1. The Labute approximate surface area is 196 Å². The first-order chi connectivity index (χ1) is 16.5. The molecule has 0 unspecified atom stereocenters. The highest BCUT2D eigenvalue weighted by molar-refractivity contribution is 6.06. The van der Waals surface area contributed by atoms with Gasteiger partial charge in [0.15, 0.2) is 0 Å². The van der Waals surface area contributed by atoms with Crippen molar-refractivity contribution in [3.8, 4) is 0 Å². The molecule has 34 heavy (non-hydrogen) atoms. The van der Waals surface area contributed by atoms with E-state index in [1.807, 2.05) is 42.6 Å². The topological polar surface area (TPSA) is 86.4 Å². The third-order valence-electron chi connectivity index (χ3n) is 8.48. The van der Waals surface area contributed by atoms with Crippen molar-refractivity contribution in [2.24, 2.45) is 10.8 Å². The lowest BCUT2D eigenvalue weighted by Crippen LogP contribution is -2.73. The number of nitrogens with zero attached hydrogens (tertiary/aromatic N) is 2. The lowest BCUT2D eigenvalue weighted by Gasteiger charge is -2.71. The maximum absolute atomic E-state index is 13.6. The molecule has 4 fully saturated rings. The highest BCUT2D eigenvalue weighted by atomic mass is 16.5. The first-order valence-electron chi connectivity index (χ1n) is 11.8. The van der Waals surface area contributed by atoms with Gasteiger partial charge in [0.05, 0.1) is 30.1 Å². The van der Waals surface area contributed by atoms with Gasteiger partial charge in [-0.25, -0.2) is 0 Å².